The van der Waals surface area contributed by atoms with Crippen molar-refractivity contribution in [2.45, 2.75) is 32.2 Å². The minimum absolute atomic E-state index is 0.0402. The molecule has 41 heavy (non-hydrogen) atoms. The van der Waals surface area contributed by atoms with Crippen molar-refractivity contribution in [3.63, 3.8) is 0 Å². The average molecular weight is 569 g/mol. The van der Waals surface area contributed by atoms with Crippen molar-refractivity contribution < 1.29 is 28.5 Å². The standard InChI is InChI=1S/C30H40N4O7/c1-19(35)33-23-8-6-20-16-26(38-2)29(39-3)30(40-4)28(20)21-7-9-24(25(36)17-22(21)23)32-18-27(37)31-10-5-11-34-12-14-41-15-13-34/h7,9,16-17,23H,5-6,8,10-15,18H2,1-4H3,(H,31,37)(H,32,36)(H,33,35)/t23-/m0/s1. The van der Waals surface area contributed by atoms with Gasteiger partial charge >= 0.3 is 0 Å². The van der Waals surface area contributed by atoms with E-state index in [0.717, 1.165) is 56.0 Å². The van der Waals surface area contributed by atoms with Gasteiger partial charge in [0.25, 0.3) is 0 Å². The first-order valence-corrected chi connectivity index (χ1v) is 13.9. The fraction of sp³-hybridized carbons (Fsp3) is 0.500. The summed E-state index contributed by atoms with van der Waals surface area (Å²) in [5.74, 6) is 1.06. The minimum Gasteiger partial charge on any atom is -0.493 e. The highest BCUT2D eigenvalue weighted by Gasteiger charge is 2.29. The Morgan fingerprint density at radius 2 is 1.80 bits per heavy atom. The van der Waals surface area contributed by atoms with E-state index in [1.807, 2.05) is 12.1 Å². The number of aryl methyl sites for hydroxylation is 1. The maximum atomic E-state index is 13.4. The van der Waals surface area contributed by atoms with Gasteiger partial charge in [0.15, 0.2) is 11.5 Å². The number of rotatable bonds is 11. The van der Waals surface area contributed by atoms with Gasteiger partial charge in [0.05, 0.1) is 52.8 Å². The Hall–Kier alpha value is -3.83. The Morgan fingerprint density at radius 3 is 2.49 bits per heavy atom. The van der Waals surface area contributed by atoms with Crippen LogP contribution in [0.5, 0.6) is 17.2 Å². The lowest BCUT2D eigenvalue weighted by Crippen LogP contribution is -2.38. The summed E-state index contributed by atoms with van der Waals surface area (Å²) in [6, 6.07) is 6.53. The number of carbonyl (C=O) groups excluding carboxylic acids is 2. The van der Waals surface area contributed by atoms with E-state index in [4.69, 9.17) is 18.9 Å². The van der Waals surface area contributed by atoms with E-state index in [9.17, 15) is 14.4 Å². The summed E-state index contributed by atoms with van der Waals surface area (Å²) >= 11 is 0. The lowest BCUT2D eigenvalue weighted by Gasteiger charge is -2.26. The van der Waals surface area contributed by atoms with Crippen LogP contribution in [0.15, 0.2) is 29.1 Å². The molecule has 11 nitrogen and oxygen atoms in total. The largest absolute Gasteiger partial charge is 0.493 e. The van der Waals surface area contributed by atoms with Gasteiger partial charge in [-0.05, 0) is 60.7 Å². The van der Waals surface area contributed by atoms with Crippen molar-refractivity contribution in [3.05, 3.63) is 45.6 Å². The van der Waals surface area contributed by atoms with E-state index in [2.05, 4.69) is 20.9 Å². The summed E-state index contributed by atoms with van der Waals surface area (Å²) in [6.07, 6.45) is 2.02. The predicted octanol–water partition coefficient (Wildman–Crippen LogP) is 2.11. The molecular weight excluding hydrogens is 528 g/mol. The lowest BCUT2D eigenvalue weighted by molar-refractivity contribution is -0.120. The molecule has 1 atom stereocenters. The van der Waals surface area contributed by atoms with Gasteiger partial charge in [0, 0.05) is 32.1 Å². The van der Waals surface area contributed by atoms with Crippen LogP contribution in [0.1, 0.15) is 36.9 Å². The minimum atomic E-state index is -0.403. The van der Waals surface area contributed by atoms with Gasteiger partial charge < -0.3 is 34.9 Å². The first-order valence-electron chi connectivity index (χ1n) is 13.9. The van der Waals surface area contributed by atoms with Gasteiger partial charge in [-0.1, -0.05) is 6.07 Å². The van der Waals surface area contributed by atoms with Gasteiger partial charge in [-0.2, -0.15) is 0 Å². The highest BCUT2D eigenvalue weighted by Crippen LogP contribution is 2.50. The van der Waals surface area contributed by atoms with Crippen LogP contribution in [0, 0.1) is 0 Å². The molecule has 4 rings (SSSR count). The number of carbonyl (C=O) groups is 2. The van der Waals surface area contributed by atoms with Crippen molar-refractivity contribution in [2.24, 2.45) is 0 Å². The van der Waals surface area contributed by atoms with Crippen LogP contribution in [-0.4, -0.2) is 84.0 Å². The third-order valence-electron chi connectivity index (χ3n) is 7.43. The number of fused-ring (bicyclic) bond motifs is 3. The van der Waals surface area contributed by atoms with E-state index in [1.165, 1.54) is 13.0 Å². The Bertz CT molecular complexity index is 1310. The van der Waals surface area contributed by atoms with Gasteiger partial charge in [0.2, 0.25) is 23.0 Å². The molecule has 11 heteroatoms. The zero-order valence-electron chi connectivity index (χ0n) is 24.3. The number of morpholine rings is 1. The molecule has 1 heterocycles. The van der Waals surface area contributed by atoms with Crippen LogP contribution in [0.2, 0.25) is 0 Å². The maximum Gasteiger partial charge on any atom is 0.239 e. The molecule has 1 aliphatic heterocycles. The highest BCUT2D eigenvalue weighted by molar-refractivity contribution is 5.84. The average Bonchev–Trinajstić information content (AvgIpc) is 3.21. The van der Waals surface area contributed by atoms with Crippen LogP contribution >= 0.6 is 0 Å². The van der Waals surface area contributed by atoms with Crippen molar-refractivity contribution >= 4 is 17.5 Å². The number of ether oxygens (including phenoxy) is 4. The first-order chi connectivity index (χ1) is 19.9. The van der Waals surface area contributed by atoms with E-state index >= 15 is 0 Å². The molecule has 0 aromatic heterocycles. The molecule has 0 bridgehead atoms. The zero-order chi connectivity index (χ0) is 29.4. The summed E-state index contributed by atoms with van der Waals surface area (Å²) in [4.78, 5) is 40.3. The summed E-state index contributed by atoms with van der Waals surface area (Å²) in [5, 5.41) is 8.90. The van der Waals surface area contributed by atoms with Crippen molar-refractivity contribution in [3.8, 4) is 28.4 Å². The summed E-state index contributed by atoms with van der Waals surface area (Å²) in [6.45, 7) is 6.19. The van der Waals surface area contributed by atoms with Crippen molar-refractivity contribution in [1.29, 1.82) is 0 Å². The predicted molar refractivity (Wildman–Crippen MR) is 156 cm³/mol. The summed E-state index contributed by atoms with van der Waals surface area (Å²) in [7, 11) is 4.67. The number of methoxy groups -OCH3 is 3. The normalized spacial score (nSPS) is 16.4. The number of hydrogen-bond donors (Lipinski definition) is 3. The molecule has 2 aliphatic rings. The van der Waals surface area contributed by atoms with Gasteiger partial charge in [0.1, 0.15) is 0 Å². The number of amides is 2. The SMILES string of the molecule is COc1cc2c(c(OC)c1OC)-c1ccc(NCC(=O)NCCCN3CCOCC3)c(=O)cc1[C@@H](NC(C)=O)CC2. The monoisotopic (exact) mass is 568 g/mol. The van der Waals surface area contributed by atoms with E-state index < -0.39 is 6.04 Å². The molecule has 0 unspecified atom stereocenters. The number of hydrogen-bond acceptors (Lipinski definition) is 9. The van der Waals surface area contributed by atoms with Crippen molar-refractivity contribution in [2.75, 3.05) is 72.6 Å². The fourth-order valence-corrected chi connectivity index (χ4v) is 5.45. The van der Waals surface area contributed by atoms with Crippen LogP contribution in [-0.2, 0) is 20.7 Å². The van der Waals surface area contributed by atoms with Crippen molar-refractivity contribution in [1.82, 2.24) is 15.5 Å². The fourth-order valence-electron chi connectivity index (χ4n) is 5.45. The number of nitrogens with zero attached hydrogens (tertiary/aromatic N) is 1. The second-order valence-corrected chi connectivity index (χ2v) is 10.1. The second-order valence-electron chi connectivity index (χ2n) is 10.1. The molecule has 1 fully saturated rings. The topological polar surface area (TPSA) is 127 Å². The highest BCUT2D eigenvalue weighted by atomic mass is 16.5. The van der Waals surface area contributed by atoms with Crippen LogP contribution in [0.4, 0.5) is 5.69 Å². The summed E-state index contributed by atoms with van der Waals surface area (Å²) in [5.41, 5.74) is 3.10. The summed E-state index contributed by atoms with van der Waals surface area (Å²) < 4.78 is 22.4. The maximum absolute atomic E-state index is 13.4. The Labute approximate surface area is 240 Å². The first kappa shape index (κ1) is 30.1. The van der Waals surface area contributed by atoms with Gasteiger partial charge in [-0.25, -0.2) is 0 Å². The molecule has 0 spiro atoms. The molecule has 0 radical (unpaired) electrons. The quantitative estimate of drug-likeness (QED) is 0.349. The number of benzene rings is 1. The molecule has 0 saturated carbocycles. The van der Waals surface area contributed by atoms with Crippen LogP contribution < -0.4 is 35.6 Å². The third kappa shape index (κ3) is 7.28. The van der Waals surface area contributed by atoms with Gasteiger partial charge in [-0.3, -0.25) is 19.3 Å². The van der Waals surface area contributed by atoms with E-state index in [0.29, 0.717) is 42.2 Å². The van der Waals surface area contributed by atoms with Crippen LogP contribution in [0.3, 0.4) is 0 Å². The van der Waals surface area contributed by atoms with E-state index in [-0.39, 0.29) is 29.5 Å². The molecule has 3 N–H and O–H groups in total. The Morgan fingerprint density at radius 1 is 1.05 bits per heavy atom. The molecule has 222 valence electrons. The van der Waals surface area contributed by atoms with E-state index in [1.54, 1.807) is 27.4 Å². The van der Waals surface area contributed by atoms with Gasteiger partial charge in [-0.15, -0.1) is 0 Å². The molecule has 2 amide bonds. The van der Waals surface area contributed by atoms with Crippen LogP contribution in [0.25, 0.3) is 11.1 Å². The smallest absolute Gasteiger partial charge is 0.239 e. The molecule has 1 saturated heterocycles. The zero-order valence-corrected chi connectivity index (χ0v) is 24.3. The molecule has 1 aliphatic carbocycles. The Balaban J connectivity index is 1.59. The Kier molecular flexibility index (Phi) is 10.4. The molecular formula is C30H40N4O7. The molecule has 2 aromatic rings. The lowest BCUT2D eigenvalue weighted by atomic mass is 9.95. The number of anilines is 1. The second kappa shape index (κ2) is 14.2. The molecule has 2 aromatic carbocycles. The third-order valence-corrected chi connectivity index (χ3v) is 7.43. The number of nitrogens with one attached hydrogen (secondary N) is 3.